The highest BCUT2D eigenvalue weighted by Crippen LogP contribution is 2.22. The summed E-state index contributed by atoms with van der Waals surface area (Å²) in [6.45, 7) is 2.18. The van der Waals surface area contributed by atoms with Gasteiger partial charge in [0.2, 0.25) is 5.91 Å². The molecule has 2 aliphatic rings. The second-order valence-electron chi connectivity index (χ2n) is 6.04. The summed E-state index contributed by atoms with van der Waals surface area (Å²) in [5, 5.41) is 8.33. The van der Waals surface area contributed by atoms with E-state index in [2.05, 4.69) is 16.0 Å². The van der Waals surface area contributed by atoms with Crippen LogP contribution in [0.5, 0.6) is 0 Å². The number of carbonyl (C=O) groups is 2. The standard InChI is InChI=1S/C16H21FN4O2/c17-12-3-1-2-11(8-12)14-9-18-6-7-21(14)10-15(22)20-16(23)19-13-4-5-13/h1-3,8,13-14,18H,4-7,9-10H2,(H2,19,20,22,23). The van der Waals surface area contributed by atoms with Gasteiger partial charge in [-0.15, -0.1) is 0 Å². The summed E-state index contributed by atoms with van der Waals surface area (Å²) in [6, 6.07) is 6.10. The minimum absolute atomic E-state index is 0.0864. The highest BCUT2D eigenvalue weighted by atomic mass is 19.1. The van der Waals surface area contributed by atoms with Crippen LogP contribution in [0.4, 0.5) is 9.18 Å². The molecule has 0 spiro atoms. The summed E-state index contributed by atoms with van der Waals surface area (Å²) in [4.78, 5) is 25.6. The lowest BCUT2D eigenvalue weighted by Crippen LogP contribution is -2.51. The van der Waals surface area contributed by atoms with Crippen molar-refractivity contribution < 1.29 is 14.0 Å². The SMILES string of the molecule is O=C(CN1CCNCC1c1cccc(F)c1)NC(=O)NC1CC1. The number of amides is 3. The van der Waals surface area contributed by atoms with Gasteiger partial charge in [0.25, 0.3) is 0 Å². The molecule has 7 heteroatoms. The van der Waals surface area contributed by atoms with E-state index in [0.29, 0.717) is 13.1 Å². The first kappa shape index (κ1) is 15.9. The van der Waals surface area contributed by atoms with Crippen LogP contribution in [0.3, 0.4) is 0 Å². The Morgan fingerprint density at radius 2 is 2.17 bits per heavy atom. The predicted octanol–water partition coefficient (Wildman–Crippen LogP) is 0.760. The smallest absolute Gasteiger partial charge is 0.321 e. The lowest BCUT2D eigenvalue weighted by atomic mass is 10.0. The van der Waals surface area contributed by atoms with Crippen molar-refractivity contribution in [3.05, 3.63) is 35.6 Å². The molecule has 1 aromatic carbocycles. The third-order valence-corrected chi connectivity index (χ3v) is 4.10. The van der Waals surface area contributed by atoms with Gasteiger partial charge in [0, 0.05) is 31.7 Å². The Morgan fingerprint density at radius 1 is 1.35 bits per heavy atom. The van der Waals surface area contributed by atoms with E-state index < -0.39 is 6.03 Å². The van der Waals surface area contributed by atoms with E-state index in [4.69, 9.17) is 0 Å². The van der Waals surface area contributed by atoms with E-state index >= 15 is 0 Å². The Morgan fingerprint density at radius 3 is 2.91 bits per heavy atom. The van der Waals surface area contributed by atoms with E-state index in [9.17, 15) is 14.0 Å². The van der Waals surface area contributed by atoms with Gasteiger partial charge in [-0.2, -0.15) is 0 Å². The van der Waals surface area contributed by atoms with Gasteiger partial charge >= 0.3 is 6.03 Å². The summed E-state index contributed by atoms with van der Waals surface area (Å²) >= 11 is 0. The van der Waals surface area contributed by atoms with Crippen molar-refractivity contribution in [3.8, 4) is 0 Å². The minimum atomic E-state index is -0.435. The molecule has 0 aromatic heterocycles. The van der Waals surface area contributed by atoms with Crippen molar-refractivity contribution in [2.75, 3.05) is 26.2 Å². The van der Waals surface area contributed by atoms with Gasteiger partial charge in [-0.1, -0.05) is 12.1 Å². The predicted molar refractivity (Wildman–Crippen MR) is 83.3 cm³/mol. The maximum Gasteiger partial charge on any atom is 0.321 e. The van der Waals surface area contributed by atoms with Crippen molar-refractivity contribution in [2.45, 2.75) is 24.9 Å². The zero-order valence-corrected chi connectivity index (χ0v) is 12.8. The van der Waals surface area contributed by atoms with E-state index in [-0.39, 0.29) is 30.4 Å². The number of nitrogens with zero attached hydrogens (tertiary/aromatic N) is 1. The Bertz CT molecular complexity index is 591. The van der Waals surface area contributed by atoms with E-state index in [1.54, 1.807) is 6.07 Å². The first-order chi connectivity index (χ1) is 11.1. The summed E-state index contributed by atoms with van der Waals surface area (Å²) in [7, 11) is 0. The molecular weight excluding hydrogens is 299 g/mol. The number of hydrogen-bond donors (Lipinski definition) is 3. The molecule has 0 bridgehead atoms. The molecule has 1 saturated heterocycles. The maximum absolute atomic E-state index is 13.4. The van der Waals surface area contributed by atoms with E-state index in [1.807, 2.05) is 11.0 Å². The van der Waals surface area contributed by atoms with E-state index in [1.165, 1.54) is 12.1 Å². The molecule has 0 radical (unpaired) electrons. The van der Waals surface area contributed by atoms with Crippen LogP contribution in [-0.4, -0.2) is 49.1 Å². The Hall–Kier alpha value is -1.99. The Balaban J connectivity index is 1.59. The van der Waals surface area contributed by atoms with Crippen molar-refractivity contribution in [1.29, 1.82) is 0 Å². The van der Waals surface area contributed by atoms with Crippen LogP contribution < -0.4 is 16.0 Å². The summed E-state index contributed by atoms with van der Waals surface area (Å²) in [5.74, 6) is -0.632. The second-order valence-corrected chi connectivity index (χ2v) is 6.04. The van der Waals surface area contributed by atoms with Crippen molar-refractivity contribution >= 4 is 11.9 Å². The van der Waals surface area contributed by atoms with Crippen LogP contribution in [-0.2, 0) is 4.79 Å². The topological polar surface area (TPSA) is 73.5 Å². The maximum atomic E-state index is 13.4. The average Bonchev–Trinajstić information content (AvgIpc) is 3.31. The van der Waals surface area contributed by atoms with Gasteiger partial charge in [0.15, 0.2) is 0 Å². The zero-order chi connectivity index (χ0) is 16.2. The van der Waals surface area contributed by atoms with Crippen molar-refractivity contribution in [1.82, 2.24) is 20.9 Å². The number of urea groups is 1. The third kappa shape index (κ3) is 4.49. The molecule has 124 valence electrons. The van der Waals surface area contributed by atoms with Gasteiger partial charge in [-0.25, -0.2) is 9.18 Å². The average molecular weight is 320 g/mol. The van der Waals surface area contributed by atoms with Gasteiger partial charge in [-0.05, 0) is 30.5 Å². The number of hydrogen-bond acceptors (Lipinski definition) is 4. The summed E-state index contributed by atoms with van der Waals surface area (Å²) in [5.41, 5.74) is 0.826. The largest absolute Gasteiger partial charge is 0.335 e. The fourth-order valence-corrected chi connectivity index (χ4v) is 2.78. The number of nitrogens with one attached hydrogen (secondary N) is 3. The zero-order valence-electron chi connectivity index (χ0n) is 12.8. The van der Waals surface area contributed by atoms with Crippen LogP contribution in [0, 0.1) is 5.82 Å². The highest BCUT2D eigenvalue weighted by molar-refractivity contribution is 5.95. The number of halogens is 1. The van der Waals surface area contributed by atoms with Gasteiger partial charge in [0.1, 0.15) is 5.82 Å². The van der Waals surface area contributed by atoms with Crippen LogP contribution >= 0.6 is 0 Å². The molecule has 1 saturated carbocycles. The molecule has 23 heavy (non-hydrogen) atoms. The first-order valence-electron chi connectivity index (χ1n) is 7.92. The van der Waals surface area contributed by atoms with E-state index in [0.717, 1.165) is 24.9 Å². The molecular formula is C16H21FN4O2. The second kappa shape index (κ2) is 7.06. The molecule has 1 aromatic rings. The molecule has 3 rings (SSSR count). The minimum Gasteiger partial charge on any atom is -0.335 e. The monoisotopic (exact) mass is 320 g/mol. The van der Waals surface area contributed by atoms with Crippen LogP contribution in [0.1, 0.15) is 24.4 Å². The molecule has 1 atom stereocenters. The lowest BCUT2D eigenvalue weighted by Gasteiger charge is -2.35. The van der Waals surface area contributed by atoms with Crippen LogP contribution in [0.15, 0.2) is 24.3 Å². The van der Waals surface area contributed by atoms with Gasteiger partial charge < -0.3 is 10.6 Å². The fraction of sp³-hybridized carbons (Fsp3) is 0.500. The normalized spacial score (nSPS) is 21.7. The number of carbonyl (C=O) groups excluding carboxylic acids is 2. The molecule has 1 aliphatic carbocycles. The van der Waals surface area contributed by atoms with Gasteiger partial charge in [0.05, 0.1) is 6.54 Å². The Labute approximate surface area is 134 Å². The molecule has 6 nitrogen and oxygen atoms in total. The highest BCUT2D eigenvalue weighted by Gasteiger charge is 2.27. The fourth-order valence-electron chi connectivity index (χ4n) is 2.78. The molecule has 1 unspecified atom stereocenters. The van der Waals surface area contributed by atoms with Crippen molar-refractivity contribution in [2.24, 2.45) is 0 Å². The van der Waals surface area contributed by atoms with Crippen LogP contribution in [0.25, 0.3) is 0 Å². The van der Waals surface area contributed by atoms with Crippen molar-refractivity contribution in [3.63, 3.8) is 0 Å². The number of imide groups is 1. The number of piperazine rings is 1. The lowest BCUT2D eigenvalue weighted by molar-refractivity contribution is -0.122. The molecule has 1 aliphatic heterocycles. The number of benzene rings is 1. The first-order valence-corrected chi connectivity index (χ1v) is 7.92. The van der Waals surface area contributed by atoms with Gasteiger partial charge in [-0.3, -0.25) is 15.0 Å². The molecule has 3 N–H and O–H groups in total. The molecule has 3 amide bonds. The quantitative estimate of drug-likeness (QED) is 0.766. The number of rotatable bonds is 4. The third-order valence-electron chi connectivity index (χ3n) is 4.10. The molecule has 1 heterocycles. The summed E-state index contributed by atoms with van der Waals surface area (Å²) in [6.07, 6.45) is 1.95. The Kier molecular flexibility index (Phi) is 4.88. The molecule has 2 fully saturated rings. The summed E-state index contributed by atoms with van der Waals surface area (Å²) < 4.78 is 13.4. The van der Waals surface area contributed by atoms with Crippen LogP contribution in [0.2, 0.25) is 0 Å².